The van der Waals surface area contributed by atoms with Crippen molar-refractivity contribution in [3.8, 4) is 0 Å². The van der Waals surface area contributed by atoms with Crippen LogP contribution in [0.4, 0.5) is 0 Å². The van der Waals surface area contributed by atoms with Crippen LogP contribution in [-0.4, -0.2) is 38.5 Å². The zero-order valence-electron chi connectivity index (χ0n) is 12.1. The second kappa shape index (κ2) is 6.50. The molecule has 0 bridgehead atoms. The first-order valence-corrected chi connectivity index (χ1v) is 9.01. The maximum absolute atomic E-state index is 12.2. The Labute approximate surface area is 134 Å². The molecule has 0 aliphatic rings. The molecule has 0 spiro atoms. The van der Waals surface area contributed by atoms with Gasteiger partial charge in [-0.2, -0.15) is 0 Å². The summed E-state index contributed by atoms with van der Waals surface area (Å²) in [6.07, 6.45) is 1.94. The fourth-order valence-electron chi connectivity index (χ4n) is 2.07. The summed E-state index contributed by atoms with van der Waals surface area (Å²) in [6, 6.07) is 6.99. The van der Waals surface area contributed by atoms with Crippen LogP contribution >= 0.6 is 22.9 Å². The summed E-state index contributed by atoms with van der Waals surface area (Å²) in [7, 11) is 2.27. The smallest absolute Gasteiger partial charge is 0.250 e. The Bertz CT molecular complexity index is 707. The average molecular weight is 348 g/mol. The van der Waals surface area contributed by atoms with Gasteiger partial charge in [-0.25, -0.2) is 13.1 Å². The number of nitrogens with one attached hydrogen (secondary N) is 1. The number of rotatable bonds is 6. The molecule has 0 aliphatic heterocycles. The summed E-state index contributed by atoms with van der Waals surface area (Å²) in [6.45, 7) is 0.294. The van der Waals surface area contributed by atoms with Crippen molar-refractivity contribution >= 4 is 33.0 Å². The highest BCUT2D eigenvalue weighted by molar-refractivity contribution is 7.91. The van der Waals surface area contributed by atoms with Gasteiger partial charge < -0.3 is 4.57 Å². The third-order valence-electron chi connectivity index (χ3n) is 3.23. The van der Waals surface area contributed by atoms with E-state index in [1.54, 1.807) is 6.07 Å². The highest BCUT2D eigenvalue weighted by Crippen LogP contribution is 2.26. The Hall–Kier alpha value is -0.860. The molecule has 0 saturated heterocycles. The Morgan fingerprint density at radius 3 is 2.57 bits per heavy atom. The second-order valence-electron chi connectivity index (χ2n) is 4.93. The lowest BCUT2D eigenvalue weighted by molar-refractivity contribution is 0.289. The summed E-state index contributed by atoms with van der Waals surface area (Å²) >= 11 is 6.85. The first-order valence-electron chi connectivity index (χ1n) is 6.34. The van der Waals surface area contributed by atoms with Crippen LogP contribution < -0.4 is 4.72 Å². The van der Waals surface area contributed by atoms with E-state index in [1.807, 2.05) is 48.9 Å². The number of aromatic nitrogens is 1. The number of likely N-dealkylation sites (N-methyl/N-ethyl adjacent to an activating group) is 1. The van der Waals surface area contributed by atoms with Gasteiger partial charge in [-0.15, -0.1) is 11.3 Å². The molecular formula is C13H18ClN3O2S2. The summed E-state index contributed by atoms with van der Waals surface area (Å²) in [5.41, 5.74) is 1.05. The molecule has 0 saturated carbocycles. The van der Waals surface area contributed by atoms with E-state index in [9.17, 15) is 8.42 Å². The number of nitrogens with zero attached hydrogens (tertiary/aromatic N) is 2. The highest BCUT2D eigenvalue weighted by Gasteiger charge is 2.22. The number of hydrogen-bond donors (Lipinski definition) is 1. The zero-order chi connectivity index (χ0) is 15.6. The lowest BCUT2D eigenvalue weighted by Gasteiger charge is -2.25. The van der Waals surface area contributed by atoms with Crippen LogP contribution in [0.3, 0.4) is 0 Å². The van der Waals surface area contributed by atoms with E-state index in [2.05, 4.69) is 4.72 Å². The van der Waals surface area contributed by atoms with E-state index in [0.29, 0.717) is 10.9 Å². The predicted molar refractivity (Wildman–Crippen MR) is 86.4 cm³/mol. The van der Waals surface area contributed by atoms with Crippen molar-refractivity contribution < 1.29 is 8.42 Å². The molecule has 0 radical (unpaired) electrons. The van der Waals surface area contributed by atoms with Crippen molar-refractivity contribution in [1.29, 1.82) is 0 Å². The fraction of sp³-hybridized carbons (Fsp3) is 0.385. The zero-order valence-corrected chi connectivity index (χ0v) is 14.5. The van der Waals surface area contributed by atoms with Crippen molar-refractivity contribution in [2.24, 2.45) is 7.05 Å². The monoisotopic (exact) mass is 347 g/mol. The molecule has 116 valence electrons. The minimum atomic E-state index is -3.52. The van der Waals surface area contributed by atoms with Crippen molar-refractivity contribution in [1.82, 2.24) is 14.2 Å². The van der Waals surface area contributed by atoms with E-state index >= 15 is 0 Å². The Morgan fingerprint density at radius 2 is 2.10 bits per heavy atom. The van der Waals surface area contributed by atoms with Gasteiger partial charge in [-0.1, -0.05) is 11.6 Å². The lowest BCUT2D eigenvalue weighted by Crippen LogP contribution is -2.35. The van der Waals surface area contributed by atoms with E-state index in [4.69, 9.17) is 11.6 Å². The van der Waals surface area contributed by atoms with Crippen LogP contribution in [0, 0.1) is 0 Å². The Morgan fingerprint density at radius 1 is 1.38 bits per heavy atom. The van der Waals surface area contributed by atoms with Gasteiger partial charge in [-0.3, -0.25) is 4.90 Å². The quantitative estimate of drug-likeness (QED) is 0.872. The summed E-state index contributed by atoms with van der Waals surface area (Å²) in [5, 5.41) is 0. The van der Waals surface area contributed by atoms with E-state index < -0.39 is 10.0 Å². The van der Waals surface area contributed by atoms with Crippen molar-refractivity contribution in [3.63, 3.8) is 0 Å². The van der Waals surface area contributed by atoms with Gasteiger partial charge in [0.25, 0.3) is 0 Å². The lowest BCUT2D eigenvalue weighted by atomic mass is 10.2. The molecule has 0 aliphatic carbocycles. The molecule has 0 aromatic carbocycles. The first kappa shape index (κ1) is 16.5. The number of aryl methyl sites for hydroxylation is 1. The normalized spacial score (nSPS) is 13.8. The number of sulfonamides is 1. The van der Waals surface area contributed by atoms with E-state index in [-0.39, 0.29) is 10.3 Å². The van der Waals surface area contributed by atoms with Crippen LogP contribution in [0.25, 0.3) is 0 Å². The molecule has 2 rings (SSSR count). The molecule has 0 amide bonds. The summed E-state index contributed by atoms with van der Waals surface area (Å²) in [5.74, 6) is 0. The molecule has 2 heterocycles. The van der Waals surface area contributed by atoms with Crippen molar-refractivity contribution in [2.75, 3.05) is 20.6 Å². The average Bonchev–Trinajstić information content (AvgIpc) is 2.99. The highest BCUT2D eigenvalue weighted by atomic mass is 35.5. The van der Waals surface area contributed by atoms with Crippen LogP contribution in [0.5, 0.6) is 0 Å². The third kappa shape index (κ3) is 3.87. The molecule has 21 heavy (non-hydrogen) atoms. The van der Waals surface area contributed by atoms with Gasteiger partial charge >= 0.3 is 0 Å². The minimum absolute atomic E-state index is 0.0461. The van der Waals surface area contributed by atoms with Gasteiger partial charge in [0, 0.05) is 25.5 Å². The van der Waals surface area contributed by atoms with Gasteiger partial charge in [0.15, 0.2) is 0 Å². The maximum Gasteiger partial charge on any atom is 0.250 e. The number of halogens is 1. The van der Waals surface area contributed by atoms with Crippen LogP contribution in [-0.2, 0) is 17.1 Å². The minimum Gasteiger partial charge on any atom is -0.353 e. The van der Waals surface area contributed by atoms with Gasteiger partial charge in [0.05, 0.1) is 10.4 Å². The molecular weight excluding hydrogens is 330 g/mol. The molecule has 1 unspecified atom stereocenters. The SMILES string of the molecule is CN(C)C(CNS(=O)(=O)c1ccc(Cl)s1)c1cccn1C. The van der Waals surface area contributed by atoms with Gasteiger partial charge in [0.1, 0.15) is 4.21 Å². The molecule has 0 fully saturated rings. The Kier molecular flexibility index (Phi) is 5.11. The largest absolute Gasteiger partial charge is 0.353 e. The topological polar surface area (TPSA) is 54.3 Å². The molecule has 2 aromatic rings. The molecule has 1 N–H and O–H groups in total. The summed E-state index contributed by atoms with van der Waals surface area (Å²) < 4.78 is 29.8. The van der Waals surface area contributed by atoms with Crippen LogP contribution in [0.15, 0.2) is 34.7 Å². The fourth-order valence-corrected chi connectivity index (χ4v) is 4.64. The number of thiophene rings is 1. The molecule has 2 aromatic heterocycles. The molecule has 1 atom stereocenters. The van der Waals surface area contributed by atoms with Crippen molar-refractivity contribution in [3.05, 3.63) is 40.5 Å². The van der Waals surface area contributed by atoms with Crippen molar-refractivity contribution in [2.45, 2.75) is 10.3 Å². The van der Waals surface area contributed by atoms with Crippen LogP contribution in [0.1, 0.15) is 11.7 Å². The van der Waals surface area contributed by atoms with Gasteiger partial charge in [-0.05, 0) is 38.4 Å². The number of hydrogen-bond acceptors (Lipinski definition) is 4. The van der Waals surface area contributed by atoms with E-state index in [0.717, 1.165) is 17.0 Å². The van der Waals surface area contributed by atoms with Crippen LogP contribution in [0.2, 0.25) is 4.34 Å². The third-order valence-corrected chi connectivity index (χ3v) is 6.38. The predicted octanol–water partition coefficient (Wildman–Crippen LogP) is 2.32. The standard InChI is InChI=1S/C13H18ClN3O2S2/c1-16(2)11(10-5-4-8-17(10)3)9-15-21(18,19)13-7-6-12(14)20-13/h4-8,11,15H,9H2,1-3H3. The second-order valence-corrected chi connectivity index (χ2v) is 8.64. The van der Waals surface area contributed by atoms with E-state index in [1.165, 1.54) is 6.07 Å². The molecule has 8 heteroatoms. The molecule has 5 nitrogen and oxygen atoms in total. The first-order chi connectivity index (χ1) is 9.81. The summed E-state index contributed by atoms with van der Waals surface area (Å²) in [4.78, 5) is 1.99. The maximum atomic E-state index is 12.2. The van der Waals surface area contributed by atoms with Gasteiger partial charge in [0.2, 0.25) is 10.0 Å². The Balaban J connectivity index is 2.14.